The first-order valence-corrected chi connectivity index (χ1v) is 15.0. The zero-order chi connectivity index (χ0) is 31.0. The minimum absolute atomic E-state index is 0.562. The summed E-state index contributed by atoms with van der Waals surface area (Å²) in [5.41, 5.74) is 7.89. The molecule has 6 rings (SSSR count). The van der Waals surface area contributed by atoms with E-state index in [0.29, 0.717) is 5.84 Å². The monoisotopic (exact) mass is 579 g/mol. The Morgan fingerprint density at radius 3 is 2.44 bits per heavy atom. The van der Waals surface area contributed by atoms with Gasteiger partial charge in [-0.15, -0.1) is 6.42 Å². The van der Waals surface area contributed by atoms with E-state index in [4.69, 9.17) is 16.4 Å². The zero-order valence-corrected chi connectivity index (χ0v) is 25.3. The number of allylic oxidation sites excluding steroid dienone is 7. The number of terminal acetylenes is 1. The molecule has 0 aliphatic heterocycles. The molecule has 1 heterocycles. The molecule has 216 valence electrons. The van der Waals surface area contributed by atoms with Crippen molar-refractivity contribution in [3.05, 3.63) is 175 Å². The predicted octanol–water partition coefficient (Wildman–Crippen LogP) is 9.87. The van der Waals surface area contributed by atoms with Crippen molar-refractivity contribution >= 4 is 33.2 Å². The Labute approximate surface area is 265 Å². The van der Waals surface area contributed by atoms with Crippen molar-refractivity contribution in [1.82, 2.24) is 4.98 Å². The molecular weight excluding hydrogens is 546 g/mol. The van der Waals surface area contributed by atoms with Crippen molar-refractivity contribution in [2.75, 3.05) is 0 Å². The molecule has 0 saturated heterocycles. The highest BCUT2D eigenvalue weighted by molar-refractivity contribution is 6.12. The molecule has 1 aliphatic carbocycles. The van der Waals surface area contributed by atoms with Crippen LogP contribution in [-0.2, 0) is 0 Å². The number of benzene rings is 4. The highest BCUT2D eigenvalue weighted by atomic mass is 14.9. The standard InChI is InChI=1S/C42H33N3/c1-4-32(21-20-31-13-7-6-8-14-31)40(5-2)45-42(44-30(3)37-27-22-33-15-9-10-16-38(33)29-37)36-25-23-34(24-26-36)39-19-11-17-35-18-12-28-43-41(35)39/h2,4,6-13,15-29,40H,1,14H2,3H3/b31-20-,32-21+,44-30?,45-42?. The molecule has 0 fully saturated rings. The van der Waals surface area contributed by atoms with Gasteiger partial charge in [-0.1, -0.05) is 140 Å². The lowest BCUT2D eigenvalue weighted by Crippen LogP contribution is -2.11. The van der Waals surface area contributed by atoms with Crippen molar-refractivity contribution in [2.45, 2.75) is 19.4 Å². The van der Waals surface area contributed by atoms with E-state index in [1.165, 1.54) is 11.0 Å². The highest BCUT2D eigenvalue weighted by Crippen LogP contribution is 2.28. The van der Waals surface area contributed by atoms with Gasteiger partial charge >= 0.3 is 0 Å². The third kappa shape index (κ3) is 6.72. The van der Waals surface area contributed by atoms with Gasteiger partial charge in [0, 0.05) is 28.4 Å². The topological polar surface area (TPSA) is 37.6 Å². The molecule has 1 aliphatic rings. The molecule has 5 aromatic rings. The molecule has 0 amide bonds. The fraction of sp³-hybridized carbons (Fsp3) is 0.0714. The molecule has 1 aromatic heterocycles. The second kappa shape index (κ2) is 13.6. The number of aliphatic imine (C=N–C) groups is 2. The van der Waals surface area contributed by atoms with E-state index in [1.54, 1.807) is 6.08 Å². The summed E-state index contributed by atoms with van der Waals surface area (Å²) in [6.45, 7) is 6.06. The van der Waals surface area contributed by atoms with E-state index < -0.39 is 6.04 Å². The van der Waals surface area contributed by atoms with Gasteiger partial charge in [0.15, 0.2) is 5.84 Å². The van der Waals surface area contributed by atoms with E-state index in [-0.39, 0.29) is 0 Å². The summed E-state index contributed by atoms with van der Waals surface area (Å²) in [4.78, 5) is 14.8. The average Bonchev–Trinajstić information content (AvgIpc) is 3.10. The number of nitrogens with zero attached hydrogens (tertiary/aromatic N) is 3. The molecular formula is C42H33N3. The van der Waals surface area contributed by atoms with Gasteiger partial charge in [0.05, 0.1) is 5.52 Å². The second-order valence-electron chi connectivity index (χ2n) is 10.8. The number of para-hydroxylation sites is 1. The van der Waals surface area contributed by atoms with Crippen LogP contribution < -0.4 is 0 Å². The summed E-state index contributed by atoms with van der Waals surface area (Å²) in [6, 6.07) is 32.7. The molecule has 0 N–H and O–H groups in total. The van der Waals surface area contributed by atoms with Crippen LogP contribution in [-0.4, -0.2) is 22.6 Å². The van der Waals surface area contributed by atoms with Gasteiger partial charge in [0.1, 0.15) is 6.04 Å². The SMILES string of the molecule is C#CC(N=C(N=C(C)c1ccc2ccccc2c1)c1ccc(-c2cccc3cccnc23)cc1)/C(C=C)=C/C=C1/C=CC=CC1. The minimum Gasteiger partial charge on any atom is -0.256 e. The van der Waals surface area contributed by atoms with Gasteiger partial charge in [-0.3, -0.25) is 4.98 Å². The quantitative estimate of drug-likeness (QED) is 0.0818. The molecule has 0 bridgehead atoms. The van der Waals surface area contributed by atoms with Crippen LogP contribution in [0.15, 0.2) is 174 Å². The van der Waals surface area contributed by atoms with E-state index in [1.807, 2.05) is 49.5 Å². The Balaban J connectivity index is 1.42. The van der Waals surface area contributed by atoms with Crippen molar-refractivity contribution in [3.8, 4) is 23.5 Å². The van der Waals surface area contributed by atoms with Gasteiger partial charge < -0.3 is 0 Å². The van der Waals surface area contributed by atoms with E-state index in [2.05, 4.69) is 115 Å². The lowest BCUT2D eigenvalue weighted by molar-refractivity contribution is 1.01. The summed E-state index contributed by atoms with van der Waals surface area (Å²) >= 11 is 0. The molecule has 0 radical (unpaired) electrons. The number of hydrogen-bond acceptors (Lipinski definition) is 2. The average molecular weight is 580 g/mol. The third-order valence-corrected chi connectivity index (χ3v) is 7.89. The normalized spacial score (nSPS) is 15.4. The number of fused-ring (bicyclic) bond motifs is 2. The van der Waals surface area contributed by atoms with E-state index >= 15 is 0 Å². The lowest BCUT2D eigenvalue weighted by atomic mass is 10.00. The van der Waals surface area contributed by atoms with Gasteiger partial charge in [-0.25, -0.2) is 9.98 Å². The number of rotatable bonds is 7. The van der Waals surface area contributed by atoms with E-state index in [9.17, 15) is 0 Å². The first-order valence-electron chi connectivity index (χ1n) is 15.0. The smallest absolute Gasteiger partial charge is 0.156 e. The Bertz CT molecular complexity index is 2110. The fourth-order valence-electron chi connectivity index (χ4n) is 5.40. The number of pyridine rings is 1. The maximum Gasteiger partial charge on any atom is 0.156 e. The summed E-state index contributed by atoms with van der Waals surface area (Å²) in [5, 5.41) is 3.45. The molecule has 3 heteroatoms. The molecule has 45 heavy (non-hydrogen) atoms. The first-order chi connectivity index (χ1) is 22.1. The minimum atomic E-state index is -0.562. The van der Waals surface area contributed by atoms with Gasteiger partial charge in [0.25, 0.3) is 0 Å². The van der Waals surface area contributed by atoms with Gasteiger partial charge in [-0.05, 0) is 58.5 Å². The Morgan fingerprint density at radius 2 is 1.67 bits per heavy atom. The number of aromatic nitrogens is 1. The van der Waals surface area contributed by atoms with Crippen LogP contribution in [0.25, 0.3) is 32.8 Å². The van der Waals surface area contributed by atoms with Crippen molar-refractivity contribution < 1.29 is 0 Å². The zero-order valence-electron chi connectivity index (χ0n) is 25.3. The summed E-state index contributed by atoms with van der Waals surface area (Å²) in [5.74, 6) is 3.43. The molecule has 0 spiro atoms. The maximum atomic E-state index is 6.09. The van der Waals surface area contributed by atoms with Crippen LogP contribution in [0.2, 0.25) is 0 Å². The summed E-state index contributed by atoms with van der Waals surface area (Å²) < 4.78 is 0. The molecule has 1 unspecified atom stereocenters. The Morgan fingerprint density at radius 1 is 0.889 bits per heavy atom. The fourth-order valence-corrected chi connectivity index (χ4v) is 5.40. The molecule has 3 nitrogen and oxygen atoms in total. The van der Waals surface area contributed by atoms with E-state index in [0.717, 1.165) is 56.2 Å². The maximum absolute atomic E-state index is 6.09. The lowest BCUT2D eigenvalue weighted by Gasteiger charge is -2.12. The summed E-state index contributed by atoms with van der Waals surface area (Å²) in [7, 11) is 0. The number of amidine groups is 1. The van der Waals surface area contributed by atoms with Crippen LogP contribution in [0.4, 0.5) is 0 Å². The molecule has 0 saturated carbocycles. The summed E-state index contributed by atoms with van der Waals surface area (Å²) in [6.07, 6.45) is 23.0. The van der Waals surface area contributed by atoms with Gasteiger partial charge in [-0.2, -0.15) is 0 Å². The van der Waals surface area contributed by atoms with Gasteiger partial charge in [0.2, 0.25) is 0 Å². The van der Waals surface area contributed by atoms with Crippen LogP contribution in [0, 0.1) is 12.3 Å². The van der Waals surface area contributed by atoms with Crippen molar-refractivity contribution in [1.29, 1.82) is 0 Å². The highest BCUT2D eigenvalue weighted by Gasteiger charge is 2.13. The second-order valence-corrected chi connectivity index (χ2v) is 10.8. The van der Waals surface area contributed by atoms with Crippen molar-refractivity contribution in [3.63, 3.8) is 0 Å². The van der Waals surface area contributed by atoms with Crippen LogP contribution >= 0.6 is 0 Å². The third-order valence-electron chi connectivity index (χ3n) is 7.89. The number of hydrogen-bond donors (Lipinski definition) is 0. The predicted molar refractivity (Wildman–Crippen MR) is 192 cm³/mol. The van der Waals surface area contributed by atoms with Crippen LogP contribution in [0.5, 0.6) is 0 Å². The Hall–Kier alpha value is -5.85. The molecule has 1 atom stereocenters. The molecule has 4 aromatic carbocycles. The largest absolute Gasteiger partial charge is 0.256 e. The van der Waals surface area contributed by atoms with Crippen LogP contribution in [0.1, 0.15) is 24.5 Å². The Kier molecular flexibility index (Phi) is 8.85. The van der Waals surface area contributed by atoms with Crippen molar-refractivity contribution in [2.24, 2.45) is 9.98 Å². The van der Waals surface area contributed by atoms with Crippen LogP contribution in [0.3, 0.4) is 0 Å². The first kappa shape index (κ1) is 29.2.